The van der Waals surface area contributed by atoms with Crippen LogP contribution in [-0.2, 0) is 14.3 Å². The molecule has 5 nitrogen and oxygen atoms in total. The zero-order valence-electron chi connectivity index (χ0n) is 10.4. The summed E-state index contributed by atoms with van der Waals surface area (Å²) in [4.78, 5) is 30.5. The fraction of sp³-hybridized carbons (Fsp3) is 0.143. The molecule has 0 radical (unpaired) electrons. The van der Waals surface area contributed by atoms with Gasteiger partial charge >= 0.3 is 5.97 Å². The highest BCUT2D eigenvalue weighted by Crippen LogP contribution is 2.09. The number of esters is 1. The van der Waals surface area contributed by atoms with Crippen molar-refractivity contribution >= 4 is 28.9 Å². The van der Waals surface area contributed by atoms with E-state index in [2.05, 4.69) is 14.7 Å². The van der Waals surface area contributed by atoms with E-state index in [1.807, 2.05) is 24.3 Å². The molecule has 5 heteroatoms. The minimum atomic E-state index is -0.579. The molecular formula is C14H12N2O3. The lowest BCUT2D eigenvalue weighted by atomic mass is 10.3. The molecule has 2 rings (SSSR count). The van der Waals surface area contributed by atoms with E-state index >= 15 is 0 Å². The molecule has 0 aliphatic rings. The molecule has 0 unspecified atom stereocenters. The molecule has 0 spiro atoms. The summed E-state index contributed by atoms with van der Waals surface area (Å²) in [5, 5.41) is 0. The first-order valence-corrected chi connectivity index (χ1v) is 5.71. The number of aromatic nitrogens is 2. The fourth-order valence-electron chi connectivity index (χ4n) is 1.43. The quantitative estimate of drug-likeness (QED) is 0.616. The Hall–Kier alpha value is -2.56. The van der Waals surface area contributed by atoms with E-state index in [1.54, 1.807) is 6.20 Å². The van der Waals surface area contributed by atoms with E-state index in [0.717, 1.165) is 11.0 Å². The molecule has 0 N–H and O–H groups in total. The summed E-state index contributed by atoms with van der Waals surface area (Å²) in [7, 11) is 0. The van der Waals surface area contributed by atoms with E-state index in [1.165, 1.54) is 19.1 Å². The molecule has 2 aromatic rings. The number of carbonyl (C=O) groups is 2. The third-order valence-electron chi connectivity index (χ3n) is 2.28. The van der Waals surface area contributed by atoms with Gasteiger partial charge < -0.3 is 4.74 Å². The van der Waals surface area contributed by atoms with E-state index in [4.69, 9.17) is 0 Å². The number of ketones is 1. The zero-order chi connectivity index (χ0) is 13.7. The van der Waals surface area contributed by atoms with Gasteiger partial charge in [0.15, 0.2) is 5.78 Å². The van der Waals surface area contributed by atoms with E-state index in [-0.39, 0.29) is 12.4 Å². The largest absolute Gasteiger partial charge is 0.455 e. The molecule has 0 atom stereocenters. The van der Waals surface area contributed by atoms with Crippen LogP contribution in [0.5, 0.6) is 0 Å². The van der Waals surface area contributed by atoms with E-state index in [0.29, 0.717) is 5.69 Å². The summed E-state index contributed by atoms with van der Waals surface area (Å²) in [5.74, 6) is -0.780. The van der Waals surface area contributed by atoms with Gasteiger partial charge in [-0.1, -0.05) is 12.1 Å². The zero-order valence-corrected chi connectivity index (χ0v) is 10.4. The Kier molecular flexibility index (Phi) is 3.97. The van der Waals surface area contributed by atoms with Crippen molar-refractivity contribution in [2.75, 3.05) is 6.61 Å². The summed E-state index contributed by atoms with van der Waals surface area (Å²) >= 11 is 0. The van der Waals surface area contributed by atoms with Crippen molar-refractivity contribution < 1.29 is 14.3 Å². The highest BCUT2D eigenvalue weighted by Gasteiger charge is 2.00. The minimum Gasteiger partial charge on any atom is -0.455 e. The molecule has 1 heterocycles. The van der Waals surface area contributed by atoms with Gasteiger partial charge in [0.1, 0.15) is 6.61 Å². The SMILES string of the molecule is CC(=O)COC(=O)/C=C/c1cnc2ccccc2n1. The number of hydrogen-bond acceptors (Lipinski definition) is 5. The Morgan fingerprint density at radius 1 is 1.26 bits per heavy atom. The highest BCUT2D eigenvalue weighted by atomic mass is 16.5. The lowest BCUT2D eigenvalue weighted by Gasteiger charge is -1.98. The maximum atomic E-state index is 11.3. The Labute approximate surface area is 109 Å². The van der Waals surface area contributed by atoms with Crippen molar-refractivity contribution in [2.24, 2.45) is 0 Å². The van der Waals surface area contributed by atoms with Crippen molar-refractivity contribution in [3.05, 3.63) is 42.2 Å². The van der Waals surface area contributed by atoms with Crippen LogP contribution in [-0.4, -0.2) is 28.3 Å². The summed E-state index contributed by atoms with van der Waals surface area (Å²) in [6, 6.07) is 7.45. The second-order valence-electron chi connectivity index (χ2n) is 3.93. The van der Waals surface area contributed by atoms with Crippen molar-refractivity contribution in [2.45, 2.75) is 6.92 Å². The van der Waals surface area contributed by atoms with Crippen LogP contribution < -0.4 is 0 Å². The molecule has 1 aromatic carbocycles. The molecule has 0 saturated heterocycles. The Morgan fingerprint density at radius 3 is 2.74 bits per heavy atom. The molecule has 0 amide bonds. The monoisotopic (exact) mass is 256 g/mol. The van der Waals surface area contributed by atoms with Gasteiger partial charge in [-0.2, -0.15) is 0 Å². The maximum absolute atomic E-state index is 11.3. The molecule has 96 valence electrons. The van der Waals surface area contributed by atoms with Crippen molar-refractivity contribution in [3.8, 4) is 0 Å². The van der Waals surface area contributed by atoms with Gasteiger partial charge in [-0.25, -0.2) is 9.78 Å². The lowest BCUT2D eigenvalue weighted by molar-refractivity contribution is -0.142. The minimum absolute atomic E-state index is 0.202. The first-order valence-electron chi connectivity index (χ1n) is 5.71. The molecule has 0 saturated carbocycles. The van der Waals surface area contributed by atoms with Crippen LogP contribution in [0, 0.1) is 0 Å². The standard InChI is InChI=1S/C14H12N2O3/c1-10(17)9-19-14(18)7-6-11-8-15-12-4-2-3-5-13(12)16-11/h2-8H,9H2,1H3/b7-6+. The number of nitrogens with zero attached hydrogens (tertiary/aromatic N) is 2. The van der Waals surface area contributed by atoms with Gasteiger partial charge in [-0.3, -0.25) is 9.78 Å². The molecule has 0 fully saturated rings. The molecule has 0 aliphatic carbocycles. The topological polar surface area (TPSA) is 69.2 Å². The number of Topliss-reactive ketones (excluding diaryl/α,β-unsaturated/α-hetero) is 1. The van der Waals surface area contributed by atoms with Gasteiger partial charge in [0.05, 0.1) is 22.9 Å². The van der Waals surface area contributed by atoms with Crippen LogP contribution in [0.15, 0.2) is 36.5 Å². The lowest BCUT2D eigenvalue weighted by Crippen LogP contribution is -2.08. The van der Waals surface area contributed by atoms with E-state index in [9.17, 15) is 9.59 Å². The van der Waals surface area contributed by atoms with Crippen molar-refractivity contribution in [3.63, 3.8) is 0 Å². The number of para-hydroxylation sites is 2. The summed E-state index contributed by atoms with van der Waals surface area (Å²) in [5.41, 5.74) is 2.10. The summed E-state index contributed by atoms with van der Waals surface area (Å²) in [6.07, 6.45) is 4.29. The van der Waals surface area contributed by atoms with Crippen LogP contribution >= 0.6 is 0 Å². The molecule has 0 aliphatic heterocycles. The predicted octanol–water partition coefficient (Wildman–Crippen LogP) is 1.78. The number of benzene rings is 1. The molecular weight excluding hydrogens is 244 g/mol. The van der Waals surface area contributed by atoms with Gasteiger partial charge in [-0.15, -0.1) is 0 Å². The van der Waals surface area contributed by atoms with Crippen molar-refractivity contribution in [1.29, 1.82) is 0 Å². The highest BCUT2D eigenvalue weighted by molar-refractivity contribution is 5.89. The predicted molar refractivity (Wildman–Crippen MR) is 70.2 cm³/mol. The molecule has 1 aromatic heterocycles. The maximum Gasteiger partial charge on any atom is 0.331 e. The second kappa shape index (κ2) is 5.86. The summed E-state index contributed by atoms with van der Waals surface area (Å²) < 4.78 is 4.69. The Bertz CT molecular complexity index is 650. The Morgan fingerprint density at radius 2 is 2.00 bits per heavy atom. The average Bonchev–Trinajstić information content (AvgIpc) is 2.42. The Balaban J connectivity index is 2.08. The van der Waals surface area contributed by atoms with E-state index < -0.39 is 5.97 Å². The van der Waals surface area contributed by atoms with Crippen LogP contribution in [0.25, 0.3) is 17.1 Å². The van der Waals surface area contributed by atoms with Crippen molar-refractivity contribution in [1.82, 2.24) is 9.97 Å². The number of ether oxygens (including phenoxy) is 1. The third kappa shape index (κ3) is 3.70. The third-order valence-corrected chi connectivity index (χ3v) is 2.28. The average molecular weight is 256 g/mol. The van der Waals surface area contributed by atoms with Crippen LogP contribution in [0.1, 0.15) is 12.6 Å². The van der Waals surface area contributed by atoms with Gasteiger partial charge in [0.25, 0.3) is 0 Å². The second-order valence-corrected chi connectivity index (χ2v) is 3.93. The van der Waals surface area contributed by atoms with Crippen LogP contribution in [0.2, 0.25) is 0 Å². The first-order chi connectivity index (χ1) is 9.15. The number of hydrogen-bond donors (Lipinski definition) is 0. The molecule has 19 heavy (non-hydrogen) atoms. The number of carbonyl (C=O) groups excluding carboxylic acids is 2. The van der Waals surface area contributed by atoms with Crippen LogP contribution in [0.3, 0.4) is 0 Å². The number of fused-ring (bicyclic) bond motifs is 1. The van der Waals surface area contributed by atoms with Gasteiger partial charge in [0.2, 0.25) is 0 Å². The van der Waals surface area contributed by atoms with Crippen LogP contribution in [0.4, 0.5) is 0 Å². The smallest absolute Gasteiger partial charge is 0.331 e. The fourth-order valence-corrected chi connectivity index (χ4v) is 1.43. The normalized spacial score (nSPS) is 10.8. The van der Waals surface area contributed by atoms with Gasteiger partial charge in [0, 0.05) is 6.08 Å². The summed E-state index contributed by atoms with van der Waals surface area (Å²) in [6.45, 7) is 1.14. The first kappa shape index (κ1) is 12.9. The molecule has 0 bridgehead atoms. The van der Waals surface area contributed by atoms with Gasteiger partial charge in [-0.05, 0) is 25.1 Å². The number of rotatable bonds is 4.